The fraction of sp³-hybridized carbons (Fsp3) is 0.182. The highest BCUT2D eigenvalue weighted by Gasteiger charge is 2.37. The number of aromatic nitrogens is 2. The number of carbonyl (C=O) groups excluding carboxylic acids is 1. The maximum atomic E-state index is 13.8. The number of benzene rings is 1. The summed E-state index contributed by atoms with van der Waals surface area (Å²) in [5.74, 6) is -1.05. The van der Waals surface area contributed by atoms with Crippen molar-refractivity contribution >= 4 is 34.1 Å². The second-order valence-electron chi connectivity index (χ2n) is 3.81. The predicted octanol–water partition coefficient (Wildman–Crippen LogP) is 2.59. The van der Waals surface area contributed by atoms with Crippen molar-refractivity contribution in [3.8, 4) is 0 Å². The molecule has 1 fully saturated rings. The van der Waals surface area contributed by atoms with E-state index in [0.717, 1.165) is 18.2 Å². The summed E-state index contributed by atoms with van der Waals surface area (Å²) in [5, 5.41) is 7.28. The summed E-state index contributed by atoms with van der Waals surface area (Å²) in [6.07, 6.45) is 0. The topological polar surface area (TPSA) is 46.1 Å². The lowest BCUT2D eigenvalue weighted by Gasteiger charge is -2.21. The first-order valence-corrected chi connectivity index (χ1v) is 7.24. The molecule has 2 heterocycles. The summed E-state index contributed by atoms with van der Waals surface area (Å²) < 4.78 is 27.1. The number of nitrogens with zero attached hydrogens (tertiary/aromatic N) is 3. The van der Waals surface area contributed by atoms with Crippen LogP contribution in [-0.4, -0.2) is 21.9 Å². The van der Waals surface area contributed by atoms with Crippen LogP contribution >= 0.6 is 23.1 Å². The molecule has 0 radical (unpaired) electrons. The molecule has 1 atom stereocenters. The molecule has 98 valence electrons. The molecular weight excluding hydrogens is 292 g/mol. The molecule has 1 saturated heterocycles. The van der Waals surface area contributed by atoms with Gasteiger partial charge in [0.1, 0.15) is 22.5 Å². The summed E-state index contributed by atoms with van der Waals surface area (Å²) in [6.45, 7) is 0. The van der Waals surface area contributed by atoms with Crippen LogP contribution in [0.3, 0.4) is 0 Å². The molecule has 1 aliphatic heterocycles. The Morgan fingerprint density at radius 3 is 2.95 bits per heavy atom. The van der Waals surface area contributed by atoms with E-state index in [1.165, 1.54) is 33.5 Å². The van der Waals surface area contributed by atoms with Gasteiger partial charge < -0.3 is 0 Å². The molecule has 1 amide bonds. The fourth-order valence-electron chi connectivity index (χ4n) is 1.84. The molecule has 1 aliphatic rings. The normalized spacial score (nSPS) is 19.2. The zero-order valence-corrected chi connectivity index (χ0v) is 11.0. The second-order valence-corrected chi connectivity index (χ2v) is 5.69. The van der Waals surface area contributed by atoms with Crippen LogP contribution in [0.4, 0.5) is 13.9 Å². The average molecular weight is 299 g/mol. The molecule has 0 aliphatic carbocycles. The molecule has 0 N–H and O–H groups in total. The van der Waals surface area contributed by atoms with Crippen LogP contribution in [-0.2, 0) is 4.79 Å². The van der Waals surface area contributed by atoms with Crippen LogP contribution in [0, 0.1) is 11.6 Å². The SMILES string of the molecule is O=C1CS[C@@H](c2cc(F)ccc2F)N1c1nncs1. The van der Waals surface area contributed by atoms with Crippen LogP contribution in [0.5, 0.6) is 0 Å². The van der Waals surface area contributed by atoms with Crippen LogP contribution in [0.1, 0.15) is 10.9 Å². The van der Waals surface area contributed by atoms with Crippen molar-refractivity contribution in [3.05, 3.63) is 40.9 Å². The van der Waals surface area contributed by atoms with Gasteiger partial charge in [-0.3, -0.25) is 9.69 Å². The van der Waals surface area contributed by atoms with Gasteiger partial charge in [-0.2, -0.15) is 0 Å². The Balaban J connectivity index is 2.04. The Morgan fingerprint density at radius 1 is 1.37 bits per heavy atom. The Labute approximate surface area is 115 Å². The monoisotopic (exact) mass is 299 g/mol. The third-order valence-corrected chi connectivity index (χ3v) is 4.53. The highest BCUT2D eigenvalue weighted by Crippen LogP contribution is 2.42. The number of amides is 1. The Morgan fingerprint density at radius 2 is 2.21 bits per heavy atom. The zero-order chi connectivity index (χ0) is 13.4. The van der Waals surface area contributed by atoms with Gasteiger partial charge in [-0.05, 0) is 18.2 Å². The van der Waals surface area contributed by atoms with Crippen molar-refractivity contribution in [2.75, 3.05) is 10.7 Å². The molecular formula is C11H7F2N3OS2. The van der Waals surface area contributed by atoms with Crippen molar-refractivity contribution in [1.29, 1.82) is 0 Å². The molecule has 4 nitrogen and oxygen atoms in total. The summed E-state index contributed by atoms with van der Waals surface area (Å²) in [6, 6.07) is 3.22. The number of anilines is 1. The number of halogens is 2. The Bertz CT molecular complexity index is 620. The van der Waals surface area contributed by atoms with E-state index in [1.54, 1.807) is 0 Å². The van der Waals surface area contributed by atoms with Gasteiger partial charge in [0.2, 0.25) is 11.0 Å². The van der Waals surface area contributed by atoms with Gasteiger partial charge in [-0.25, -0.2) is 8.78 Å². The summed E-state index contributed by atoms with van der Waals surface area (Å²) in [7, 11) is 0. The minimum absolute atomic E-state index is 0.144. The first kappa shape index (κ1) is 12.5. The second kappa shape index (κ2) is 4.86. The Kier molecular flexibility index (Phi) is 3.19. The number of rotatable bonds is 2. The van der Waals surface area contributed by atoms with E-state index in [1.807, 2.05) is 0 Å². The largest absolute Gasteiger partial charge is 0.273 e. The highest BCUT2D eigenvalue weighted by atomic mass is 32.2. The molecule has 3 rings (SSSR count). The molecule has 1 aromatic carbocycles. The van der Waals surface area contributed by atoms with E-state index in [2.05, 4.69) is 10.2 Å². The maximum Gasteiger partial charge on any atom is 0.240 e. The smallest absolute Gasteiger partial charge is 0.240 e. The van der Waals surface area contributed by atoms with E-state index < -0.39 is 17.0 Å². The lowest BCUT2D eigenvalue weighted by molar-refractivity contribution is -0.115. The van der Waals surface area contributed by atoms with Crippen molar-refractivity contribution in [2.45, 2.75) is 5.37 Å². The van der Waals surface area contributed by atoms with E-state index in [-0.39, 0.29) is 17.2 Å². The molecule has 0 saturated carbocycles. The number of thioether (sulfide) groups is 1. The molecule has 0 bridgehead atoms. The lowest BCUT2D eigenvalue weighted by Crippen LogP contribution is -2.28. The lowest BCUT2D eigenvalue weighted by atomic mass is 10.2. The van der Waals surface area contributed by atoms with Crippen LogP contribution in [0.2, 0.25) is 0 Å². The molecule has 8 heteroatoms. The number of hydrogen-bond donors (Lipinski definition) is 0. The van der Waals surface area contributed by atoms with Crippen molar-refractivity contribution in [1.82, 2.24) is 10.2 Å². The van der Waals surface area contributed by atoms with Gasteiger partial charge in [0.05, 0.1) is 5.75 Å². The van der Waals surface area contributed by atoms with E-state index in [0.29, 0.717) is 5.13 Å². The molecule has 2 aromatic rings. The molecule has 0 spiro atoms. The molecule has 1 aromatic heterocycles. The van der Waals surface area contributed by atoms with E-state index >= 15 is 0 Å². The van der Waals surface area contributed by atoms with Gasteiger partial charge in [0.15, 0.2) is 0 Å². The van der Waals surface area contributed by atoms with Crippen molar-refractivity contribution in [2.24, 2.45) is 0 Å². The minimum Gasteiger partial charge on any atom is -0.273 e. The maximum absolute atomic E-state index is 13.8. The number of carbonyl (C=O) groups is 1. The zero-order valence-electron chi connectivity index (χ0n) is 9.42. The summed E-state index contributed by atoms with van der Waals surface area (Å²) >= 11 is 2.43. The van der Waals surface area contributed by atoms with Crippen LogP contribution in [0.15, 0.2) is 23.7 Å². The standard InChI is InChI=1S/C11H7F2N3OS2/c12-6-1-2-8(13)7(3-6)10-16(9(17)4-18-10)11-15-14-5-19-11/h1-3,5,10H,4H2/t10-/m0/s1. The van der Waals surface area contributed by atoms with Gasteiger partial charge in [0, 0.05) is 5.56 Å². The van der Waals surface area contributed by atoms with Gasteiger partial charge in [0.25, 0.3) is 0 Å². The predicted molar refractivity (Wildman–Crippen MR) is 69.0 cm³/mol. The van der Waals surface area contributed by atoms with E-state index in [9.17, 15) is 13.6 Å². The van der Waals surface area contributed by atoms with E-state index in [4.69, 9.17) is 0 Å². The van der Waals surface area contributed by atoms with Gasteiger partial charge >= 0.3 is 0 Å². The third-order valence-electron chi connectivity index (χ3n) is 2.65. The quantitative estimate of drug-likeness (QED) is 0.855. The summed E-state index contributed by atoms with van der Waals surface area (Å²) in [5.41, 5.74) is 1.64. The molecule has 19 heavy (non-hydrogen) atoms. The number of hydrogen-bond acceptors (Lipinski definition) is 5. The van der Waals surface area contributed by atoms with Crippen LogP contribution in [0.25, 0.3) is 0 Å². The van der Waals surface area contributed by atoms with Crippen molar-refractivity contribution in [3.63, 3.8) is 0 Å². The third kappa shape index (κ3) is 2.21. The van der Waals surface area contributed by atoms with Crippen LogP contribution < -0.4 is 4.90 Å². The van der Waals surface area contributed by atoms with Gasteiger partial charge in [-0.1, -0.05) is 11.3 Å². The van der Waals surface area contributed by atoms with Gasteiger partial charge in [-0.15, -0.1) is 22.0 Å². The van der Waals surface area contributed by atoms with Crippen molar-refractivity contribution < 1.29 is 13.6 Å². The highest BCUT2D eigenvalue weighted by molar-refractivity contribution is 8.00. The molecule has 0 unspecified atom stereocenters. The average Bonchev–Trinajstić information content (AvgIpc) is 3.01. The minimum atomic E-state index is -0.601. The Hall–Kier alpha value is -1.54. The summed E-state index contributed by atoms with van der Waals surface area (Å²) in [4.78, 5) is 13.2. The first-order valence-electron chi connectivity index (χ1n) is 5.31. The fourth-order valence-corrected chi connectivity index (χ4v) is 3.67. The first-order chi connectivity index (χ1) is 9.16.